The minimum atomic E-state index is 0.655. The molecule has 0 amide bonds. The Morgan fingerprint density at radius 2 is 2.21 bits per heavy atom. The van der Waals surface area contributed by atoms with E-state index in [1.165, 1.54) is 5.56 Å². The van der Waals surface area contributed by atoms with Crippen LogP contribution in [0.25, 0.3) is 0 Å². The molecule has 0 saturated carbocycles. The summed E-state index contributed by atoms with van der Waals surface area (Å²) in [4.78, 5) is 4.06. The Morgan fingerprint density at radius 1 is 1.29 bits per heavy atom. The fourth-order valence-corrected chi connectivity index (χ4v) is 2.08. The topological polar surface area (TPSA) is 38.9 Å². The van der Waals surface area contributed by atoms with Crippen molar-refractivity contribution in [3.8, 4) is 0 Å². The zero-order chi connectivity index (χ0) is 9.80. The molecule has 0 spiro atoms. The Kier molecular flexibility index (Phi) is 2.79. The van der Waals surface area contributed by atoms with Gasteiger partial charge in [-0.25, -0.2) is 4.98 Å². The number of nitrogen functional groups attached to an aromatic ring is 1. The monoisotopic (exact) mass is 204 g/mol. The van der Waals surface area contributed by atoms with Crippen molar-refractivity contribution in [2.45, 2.75) is 12.8 Å². The van der Waals surface area contributed by atoms with Crippen LogP contribution in [0.4, 0.5) is 5.82 Å². The van der Waals surface area contributed by atoms with Gasteiger partial charge >= 0.3 is 0 Å². The van der Waals surface area contributed by atoms with E-state index in [0.717, 1.165) is 18.4 Å². The van der Waals surface area contributed by atoms with Gasteiger partial charge in [0, 0.05) is 6.20 Å². The number of thiophene rings is 1. The van der Waals surface area contributed by atoms with Gasteiger partial charge in [0.1, 0.15) is 5.82 Å². The second-order valence-corrected chi connectivity index (χ2v) is 3.96. The molecule has 2 rings (SSSR count). The van der Waals surface area contributed by atoms with Crippen LogP contribution in [0.15, 0.2) is 35.2 Å². The molecule has 0 aliphatic carbocycles. The minimum absolute atomic E-state index is 0.655. The quantitative estimate of drug-likeness (QED) is 0.834. The number of hydrogen-bond acceptors (Lipinski definition) is 3. The molecular formula is C11H12N2S. The summed E-state index contributed by atoms with van der Waals surface area (Å²) in [6, 6.07) is 6.12. The third-order valence-electron chi connectivity index (χ3n) is 2.19. The van der Waals surface area contributed by atoms with E-state index in [-0.39, 0.29) is 0 Å². The van der Waals surface area contributed by atoms with Gasteiger partial charge < -0.3 is 5.73 Å². The molecule has 0 radical (unpaired) electrons. The molecule has 0 fully saturated rings. The lowest BCUT2D eigenvalue weighted by atomic mass is 10.1. The molecule has 2 heterocycles. The molecule has 0 unspecified atom stereocenters. The molecule has 72 valence electrons. The van der Waals surface area contributed by atoms with Gasteiger partial charge in [-0.15, -0.1) is 0 Å². The number of hydrogen-bond donors (Lipinski definition) is 1. The lowest BCUT2D eigenvalue weighted by molar-refractivity contribution is 0.960. The van der Waals surface area contributed by atoms with Crippen LogP contribution in [0, 0.1) is 0 Å². The first-order valence-corrected chi connectivity index (χ1v) is 5.51. The SMILES string of the molecule is Nc1ncccc1CCc1ccsc1. The Morgan fingerprint density at radius 3 is 2.93 bits per heavy atom. The van der Waals surface area contributed by atoms with E-state index in [1.807, 2.05) is 12.1 Å². The molecular weight excluding hydrogens is 192 g/mol. The zero-order valence-electron chi connectivity index (χ0n) is 7.81. The molecule has 0 saturated heterocycles. The fraction of sp³-hybridized carbons (Fsp3) is 0.182. The highest BCUT2D eigenvalue weighted by Crippen LogP contribution is 2.13. The normalized spacial score (nSPS) is 10.3. The zero-order valence-corrected chi connectivity index (χ0v) is 8.63. The number of nitrogens with zero attached hydrogens (tertiary/aromatic N) is 1. The molecule has 2 aromatic heterocycles. The van der Waals surface area contributed by atoms with Gasteiger partial charge in [-0.05, 0) is 46.9 Å². The van der Waals surface area contributed by atoms with Crippen molar-refractivity contribution >= 4 is 17.2 Å². The van der Waals surface area contributed by atoms with E-state index in [0.29, 0.717) is 5.82 Å². The molecule has 0 aliphatic heterocycles. The van der Waals surface area contributed by atoms with Crippen molar-refractivity contribution in [2.75, 3.05) is 5.73 Å². The molecule has 0 bridgehead atoms. The van der Waals surface area contributed by atoms with Crippen molar-refractivity contribution in [1.29, 1.82) is 0 Å². The van der Waals surface area contributed by atoms with Crippen LogP contribution in [0.1, 0.15) is 11.1 Å². The van der Waals surface area contributed by atoms with Crippen molar-refractivity contribution < 1.29 is 0 Å². The Labute approximate surface area is 87.4 Å². The maximum atomic E-state index is 5.75. The van der Waals surface area contributed by atoms with Gasteiger partial charge in [0.05, 0.1) is 0 Å². The standard InChI is InChI=1S/C11H12N2S/c12-11-10(2-1-6-13-11)4-3-9-5-7-14-8-9/h1-2,5-8H,3-4H2,(H2,12,13). The van der Waals surface area contributed by atoms with E-state index in [2.05, 4.69) is 21.8 Å². The molecule has 2 N–H and O–H groups in total. The predicted molar refractivity (Wildman–Crippen MR) is 60.4 cm³/mol. The van der Waals surface area contributed by atoms with Crippen molar-refractivity contribution in [3.05, 3.63) is 46.3 Å². The number of pyridine rings is 1. The third-order valence-corrected chi connectivity index (χ3v) is 2.92. The summed E-state index contributed by atoms with van der Waals surface area (Å²) >= 11 is 1.73. The summed E-state index contributed by atoms with van der Waals surface area (Å²) in [5.74, 6) is 0.655. The molecule has 0 aromatic carbocycles. The second kappa shape index (κ2) is 4.24. The summed E-state index contributed by atoms with van der Waals surface area (Å²) in [6.07, 6.45) is 3.74. The van der Waals surface area contributed by atoms with Crippen LogP contribution < -0.4 is 5.73 Å². The van der Waals surface area contributed by atoms with Gasteiger partial charge in [0.25, 0.3) is 0 Å². The molecule has 0 aliphatic rings. The van der Waals surface area contributed by atoms with Gasteiger partial charge in [0.2, 0.25) is 0 Å². The number of rotatable bonds is 3. The van der Waals surface area contributed by atoms with Gasteiger partial charge in [-0.1, -0.05) is 6.07 Å². The average Bonchev–Trinajstić information content (AvgIpc) is 2.69. The Bertz CT molecular complexity index is 395. The van der Waals surface area contributed by atoms with E-state index in [1.54, 1.807) is 17.5 Å². The van der Waals surface area contributed by atoms with E-state index >= 15 is 0 Å². The first-order valence-electron chi connectivity index (χ1n) is 4.57. The van der Waals surface area contributed by atoms with E-state index in [9.17, 15) is 0 Å². The van der Waals surface area contributed by atoms with Crippen LogP contribution in [0.2, 0.25) is 0 Å². The van der Waals surface area contributed by atoms with E-state index in [4.69, 9.17) is 5.73 Å². The summed E-state index contributed by atoms with van der Waals surface area (Å²) in [7, 11) is 0. The molecule has 0 atom stereocenters. The smallest absolute Gasteiger partial charge is 0.126 e. The van der Waals surface area contributed by atoms with Crippen molar-refractivity contribution in [2.24, 2.45) is 0 Å². The fourth-order valence-electron chi connectivity index (χ4n) is 1.38. The van der Waals surface area contributed by atoms with Crippen LogP contribution in [0.3, 0.4) is 0 Å². The maximum absolute atomic E-state index is 5.75. The minimum Gasteiger partial charge on any atom is -0.383 e. The summed E-state index contributed by atoms with van der Waals surface area (Å²) in [5, 5.41) is 4.27. The van der Waals surface area contributed by atoms with Crippen LogP contribution >= 0.6 is 11.3 Å². The van der Waals surface area contributed by atoms with Crippen molar-refractivity contribution in [3.63, 3.8) is 0 Å². The molecule has 2 nitrogen and oxygen atoms in total. The predicted octanol–water partition coefficient (Wildman–Crippen LogP) is 2.51. The second-order valence-electron chi connectivity index (χ2n) is 3.18. The largest absolute Gasteiger partial charge is 0.383 e. The first-order chi connectivity index (χ1) is 6.86. The van der Waals surface area contributed by atoms with Gasteiger partial charge in [0.15, 0.2) is 0 Å². The molecule has 14 heavy (non-hydrogen) atoms. The van der Waals surface area contributed by atoms with Gasteiger partial charge in [-0.3, -0.25) is 0 Å². The maximum Gasteiger partial charge on any atom is 0.126 e. The number of aromatic nitrogens is 1. The number of anilines is 1. The Balaban J connectivity index is 2.02. The van der Waals surface area contributed by atoms with Crippen LogP contribution in [-0.4, -0.2) is 4.98 Å². The molecule has 2 aromatic rings. The number of nitrogens with two attached hydrogens (primary N) is 1. The lowest BCUT2D eigenvalue weighted by Gasteiger charge is -2.02. The first kappa shape index (κ1) is 9.21. The highest BCUT2D eigenvalue weighted by atomic mass is 32.1. The Hall–Kier alpha value is -1.35. The highest BCUT2D eigenvalue weighted by molar-refractivity contribution is 7.07. The summed E-state index contributed by atoms with van der Waals surface area (Å²) in [6.45, 7) is 0. The number of aryl methyl sites for hydroxylation is 2. The third kappa shape index (κ3) is 2.12. The summed E-state index contributed by atoms with van der Waals surface area (Å²) in [5.41, 5.74) is 8.26. The van der Waals surface area contributed by atoms with Crippen LogP contribution in [0.5, 0.6) is 0 Å². The summed E-state index contributed by atoms with van der Waals surface area (Å²) < 4.78 is 0. The van der Waals surface area contributed by atoms with Gasteiger partial charge in [-0.2, -0.15) is 11.3 Å². The van der Waals surface area contributed by atoms with E-state index < -0.39 is 0 Å². The average molecular weight is 204 g/mol. The van der Waals surface area contributed by atoms with Crippen LogP contribution in [-0.2, 0) is 12.8 Å². The lowest BCUT2D eigenvalue weighted by Crippen LogP contribution is -1.98. The molecule has 3 heteroatoms. The highest BCUT2D eigenvalue weighted by Gasteiger charge is 1.99. The van der Waals surface area contributed by atoms with Crippen molar-refractivity contribution in [1.82, 2.24) is 4.98 Å².